The van der Waals surface area contributed by atoms with Crippen LogP contribution < -0.4 is 16.7 Å². The fourth-order valence-electron chi connectivity index (χ4n) is 2.74. The van der Waals surface area contributed by atoms with Gasteiger partial charge in [-0.15, -0.1) is 5.10 Å². The van der Waals surface area contributed by atoms with E-state index in [1.54, 1.807) is 47.7 Å². The number of para-hydroxylation sites is 1. The highest BCUT2D eigenvalue weighted by molar-refractivity contribution is 7.08. The summed E-state index contributed by atoms with van der Waals surface area (Å²) < 4.78 is 5.63. The second kappa shape index (κ2) is 7.50. The molecule has 2 heterocycles. The van der Waals surface area contributed by atoms with Gasteiger partial charge in [0.15, 0.2) is 0 Å². The zero-order chi connectivity index (χ0) is 19.5. The molecule has 0 spiro atoms. The Morgan fingerprint density at radius 1 is 1.00 bits per heavy atom. The minimum atomic E-state index is -0.692. The molecule has 0 bridgehead atoms. The molecule has 2 amide bonds. The summed E-state index contributed by atoms with van der Waals surface area (Å²) in [6, 6.07) is 17.9. The van der Waals surface area contributed by atoms with Crippen molar-refractivity contribution in [2.24, 2.45) is 10.8 Å². The van der Waals surface area contributed by atoms with Gasteiger partial charge < -0.3 is 10.2 Å². The first kappa shape index (κ1) is 17.7. The number of primary amides is 1. The molecule has 0 atom stereocenters. The normalized spacial score (nSPS) is 11.5. The van der Waals surface area contributed by atoms with Crippen LogP contribution in [0, 0.1) is 0 Å². The number of carbonyl (C=O) groups is 2. The van der Waals surface area contributed by atoms with Crippen LogP contribution in [-0.2, 0) is 0 Å². The second-order valence-corrected chi connectivity index (χ2v) is 6.79. The quantitative estimate of drug-likeness (QED) is 0.523. The maximum Gasteiger partial charge on any atom is 0.271 e. The fraction of sp³-hybridized carbons (Fsp3) is 0. The zero-order valence-corrected chi connectivity index (χ0v) is 15.4. The summed E-state index contributed by atoms with van der Waals surface area (Å²) >= 11 is 1.61. The van der Waals surface area contributed by atoms with Crippen LogP contribution in [-0.4, -0.2) is 11.8 Å². The first-order valence-corrected chi connectivity index (χ1v) is 9.35. The third-order valence-electron chi connectivity index (χ3n) is 4.18. The summed E-state index contributed by atoms with van der Waals surface area (Å²) in [5.41, 5.74) is 11.0. The molecule has 0 saturated carbocycles. The van der Waals surface area contributed by atoms with E-state index in [0.29, 0.717) is 16.5 Å². The van der Waals surface area contributed by atoms with Gasteiger partial charge in [0.05, 0.1) is 0 Å². The molecule has 138 valence electrons. The van der Waals surface area contributed by atoms with Crippen LogP contribution in [0.2, 0.25) is 0 Å². The minimum absolute atomic E-state index is 0.0468. The molecule has 0 radical (unpaired) electrons. The van der Waals surface area contributed by atoms with E-state index < -0.39 is 11.8 Å². The lowest BCUT2D eigenvalue weighted by molar-refractivity contribution is 0.0946. The van der Waals surface area contributed by atoms with Crippen molar-refractivity contribution in [3.63, 3.8) is 0 Å². The van der Waals surface area contributed by atoms with Crippen LogP contribution in [0.3, 0.4) is 0 Å². The minimum Gasteiger partial charge on any atom is -0.436 e. The van der Waals surface area contributed by atoms with Gasteiger partial charge in [-0.25, -0.2) is 5.43 Å². The molecule has 0 saturated heterocycles. The molecular weight excluding hydrogens is 374 g/mol. The van der Waals surface area contributed by atoms with E-state index >= 15 is 0 Å². The number of fused-ring (bicyclic) bond motifs is 1. The lowest BCUT2D eigenvalue weighted by atomic mass is 10.1. The molecule has 0 aliphatic heterocycles. The van der Waals surface area contributed by atoms with Gasteiger partial charge in [0.25, 0.3) is 11.8 Å². The van der Waals surface area contributed by atoms with E-state index in [2.05, 4.69) is 10.5 Å². The number of rotatable bonds is 4. The Morgan fingerprint density at radius 2 is 1.79 bits per heavy atom. The first-order chi connectivity index (χ1) is 13.6. The highest BCUT2D eigenvalue weighted by Crippen LogP contribution is 2.22. The number of hydrogen-bond donors (Lipinski definition) is 2. The molecule has 2 aromatic carbocycles. The van der Waals surface area contributed by atoms with Gasteiger partial charge >= 0.3 is 0 Å². The number of thiophene rings is 1. The van der Waals surface area contributed by atoms with Crippen LogP contribution in [0.4, 0.5) is 0 Å². The monoisotopic (exact) mass is 389 g/mol. The Kier molecular flexibility index (Phi) is 4.74. The lowest BCUT2D eigenvalue weighted by Gasteiger charge is -2.03. The lowest BCUT2D eigenvalue weighted by Crippen LogP contribution is -2.27. The van der Waals surface area contributed by atoms with Crippen molar-refractivity contribution in [1.82, 2.24) is 5.43 Å². The summed E-state index contributed by atoms with van der Waals surface area (Å²) in [6.07, 6.45) is 0. The molecule has 0 unspecified atom stereocenters. The highest BCUT2D eigenvalue weighted by atomic mass is 32.1. The summed E-state index contributed by atoms with van der Waals surface area (Å²) in [5.74, 6) is -1.11. The van der Waals surface area contributed by atoms with Gasteiger partial charge in [-0.2, -0.15) is 11.3 Å². The zero-order valence-electron chi connectivity index (χ0n) is 14.6. The number of carbonyl (C=O) groups excluding carboxylic acids is 2. The maximum atomic E-state index is 12.4. The van der Waals surface area contributed by atoms with Crippen molar-refractivity contribution in [3.8, 4) is 11.1 Å². The van der Waals surface area contributed by atoms with Crippen molar-refractivity contribution in [3.05, 3.63) is 88.1 Å². The number of hydrogen-bond acceptors (Lipinski definition) is 5. The van der Waals surface area contributed by atoms with Crippen LogP contribution in [0.15, 0.2) is 80.9 Å². The number of nitrogens with two attached hydrogens (primary N) is 1. The third kappa shape index (κ3) is 3.56. The van der Waals surface area contributed by atoms with Crippen molar-refractivity contribution in [1.29, 1.82) is 0 Å². The van der Waals surface area contributed by atoms with Gasteiger partial charge in [-0.1, -0.05) is 30.3 Å². The number of benzene rings is 2. The molecule has 6 nitrogen and oxygen atoms in total. The third-order valence-corrected chi connectivity index (χ3v) is 4.87. The molecular formula is C21H15N3O3S. The van der Waals surface area contributed by atoms with Gasteiger partial charge in [-0.3, -0.25) is 9.59 Å². The second-order valence-electron chi connectivity index (χ2n) is 6.01. The predicted octanol–water partition coefficient (Wildman–Crippen LogP) is 3.51. The molecule has 4 rings (SSSR count). The van der Waals surface area contributed by atoms with Crippen LogP contribution in [0.25, 0.3) is 22.1 Å². The van der Waals surface area contributed by atoms with Crippen molar-refractivity contribution in [2.45, 2.75) is 0 Å². The van der Waals surface area contributed by atoms with E-state index in [1.807, 2.05) is 35.0 Å². The van der Waals surface area contributed by atoms with Gasteiger partial charge in [-0.05, 0) is 52.2 Å². The first-order valence-electron chi connectivity index (χ1n) is 8.41. The largest absolute Gasteiger partial charge is 0.436 e. The van der Waals surface area contributed by atoms with Crippen molar-refractivity contribution >= 4 is 34.1 Å². The van der Waals surface area contributed by atoms with Gasteiger partial charge in [0, 0.05) is 10.9 Å². The molecule has 7 heteroatoms. The van der Waals surface area contributed by atoms with Gasteiger partial charge in [0.1, 0.15) is 11.1 Å². The molecule has 3 N–H and O–H groups in total. The smallest absolute Gasteiger partial charge is 0.271 e. The van der Waals surface area contributed by atoms with Crippen LogP contribution in [0.5, 0.6) is 0 Å². The SMILES string of the molecule is NC(=O)c1cc2ccccc2o/c1=N\NC(=O)c1ccc(-c2ccsc2)cc1. The Labute approximate surface area is 163 Å². The predicted molar refractivity (Wildman–Crippen MR) is 108 cm³/mol. The topological polar surface area (TPSA) is 97.7 Å². The van der Waals surface area contributed by atoms with E-state index in [4.69, 9.17) is 10.2 Å². The number of nitrogens with zero attached hydrogens (tertiary/aromatic N) is 1. The molecule has 28 heavy (non-hydrogen) atoms. The van der Waals surface area contributed by atoms with E-state index in [1.165, 1.54) is 0 Å². The molecule has 0 aliphatic rings. The maximum absolute atomic E-state index is 12.4. The Balaban J connectivity index is 1.62. The van der Waals surface area contributed by atoms with Gasteiger partial charge in [0.2, 0.25) is 5.55 Å². The Hall–Kier alpha value is -3.71. The number of nitrogens with one attached hydrogen (secondary N) is 1. The highest BCUT2D eigenvalue weighted by Gasteiger charge is 2.10. The summed E-state index contributed by atoms with van der Waals surface area (Å²) in [6.45, 7) is 0. The average molecular weight is 389 g/mol. The molecule has 2 aromatic heterocycles. The van der Waals surface area contributed by atoms with Crippen molar-refractivity contribution in [2.75, 3.05) is 0 Å². The summed E-state index contributed by atoms with van der Waals surface area (Å²) in [7, 11) is 0. The van der Waals surface area contributed by atoms with Crippen LogP contribution >= 0.6 is 11.3 Å². The Morgan fingerprint density at radius 3 is 2.50 bits per heavy atom. The molecule has 4 aromatic rings. The van der Waals surface area contributed by atoms with Crippen molar-refractivity contribution < 1.29 is 14.0 Å². The number of amides is 2. The van der Waals surface area contributed by atoms with E-state index in [-0.39, 0.29) is 11.1 Å². The van der Waals surface area contributed by atoms with E-state index in [9.17, 15) is 9.59 Å². The standard InChI is InChI=1S/C21H15N3O3S/c22-19(25)17-11-15-3-1-2-4-18(15)27-21(17)24-23-20(26)14-7-5-13(6-8-14)16-9-10-28-12-16/h1-12H,(H2,22,25)(H,23,26)/b24-21-. The summed E-state index contributed by atoms with van der Waals surface area (Å²) in [4.78, 5) is 24.1. The van der Waals surface area contributed by atoms with Crippen LogP contribution in [0.1, 0.15) is 20.7 Å². The molecule has 0 aliphatic carbocycles. The Bertz CT molecular complexity index is 1230. The van der Waals surface area contributed by atoms with E-state index in [0.717, 1.165) is 11.1 Å². The molecule has 0 fully saturated rings. The average Bonchev–Trinajstić information content (AvgIpc) is 3.26. The fourth-order valence-corrected chi connectivity index (χ4v) is 3.40. The summed E-state index contributed by atoms with van der Waals surface area (Å²) in [5, 5.41) is 8.71.